The van der Waals surface area contributed by atoms with Gasteiger partial charge >= 0.3 is 5.97 Å². The van der Waals surface area contributed by atoms with E-state index in [0.717, 1.165) is 18.3 Å². The second-order valence-corrected chi connectivity index (χ2v) is 11.9. The maximum atomic E-state index is 12.1. The minimum atomic E-state index is 0.0248. The molecule has 0 N–H and O–H groups in total. The summed E-state index contributed by atoms with van der Waals surface area (Å²) in [6.07, 6.45) is 28.8. The summed E-state index contributed by atoms with van der Waals surface area (Å²) in [6.45, 7) is 12.1. The number of rotatable bonds is 26. The standard InChI is InChI=1S/C32H64O2/c1-6-23-31(27-26-30(4)5)28-34-32(33)25-22-20-18-16-14-12-10-8-7-9-11-13-15-17-19-21-24-29(2)3/h29-31H,6-28H2,1-5H3. The third-order valence-electron chi connectivity index (χ3n) is 7.24. The van der Waals surface area contributed by atoms with Crippen LogP contribution in [0, 0.1) is 17.8 Å². The van der Waals surface area contributed by atoms with Gasteiger partial charge in [-0.25, -0.2) is 0 Å². The molecule has 0 radical (unpaired) electrons. The van der Waals surface area contributed by atoms with E-state index < -0.39 is 0 Å². The van der Waals surface area contributed by atoms with Crippen LogP contribution in [0.5, 0.6) is 0 Å². The summed E-state index contributed by atoms with van der Waals surface area (Å²) in [4.78, 5) is 12.1. The molecule has 0 rings (SSSR count). The minimum Gasteiger partial charge on any atom is -0.465 e. The molecule has 1 unspecified atom stereocenters. The topological polar surface area (TPSA) is 26.3 Å². The Bertz CT molecular complexity index is 415. The molecule has 0 aliphatic rings. The van der Waals surface area contributed by atoms with E-state index in [1.54, 1.807) is 0 Å². The summed E-state index contributed by atoms with van der Waals surface area (Å²) >= 11 is 0. The van der Waals surface area contributed by atoms with E-state index >= 15 is 0 Å². The number of unbranched alkanes of at least 4 members (excludes halogenated alkanes) is 15. The molecule has 0 aromatic heterocycles. The molecular formula is C32H64O2. The molecule has 0 aliphatic heterocycles. The van der Waals surface area contributed by atoms with Crippen LogP contribution in [0.1, 0.15) is 176 Å². The van der Waals surface area contributed by atoms with Crippen molar-refractivity contribution in [2.45, 2.75) is 176 Å². The normalized spacial score (nSPS) is 12.6. The number of esters is 1. The highest BCUT2D eigenvalue weighted by Crippen LogP contribution is 2.19. The number of hydrogen-bond acceptors (Lipinski definition) is 2. The second-order valence-electron chi connectivity index (χ2n) is 11.9. The summed E-state index contributed by atoms with van der Waals surface area (Å²) in [7, 11) is 0. The van der Waals surface area contributed by atoms with Gasteiger partial charge in [-0.15, -0.1) is 0 Å². The zero-order chi connectivity index (χ0) is 25.3. The molecule has 2 nitrogen and oxygen atoms in total. The van der Waals surface area contributed by atoms with Crippen LogP contribution < -0.4 is 0 Å². The fraction of sp³-hybridized carbons (Fsp3) is 0.969. The maximum Gasteiger partial charge on any atom is 0.305 e. The van der Waals surface area contributed by atoms with Crippen molar-refractivity contribution in [2.24, 2.45) is 17.8 Å². The lowest BCUT2D eigenvalue weighted by Gasteiger charge is -2.17. The Kier molecular flexibility index (Phi) is 25.2. The van der Waals surface area contributed by atoms with E-state index in [0.29, 0.717) is 18.9 Å². The highest BCUT2D eigenvalue weighted by molar-refractivity contribution is 5.69. The highest BCUT2D eigenvalue weighted by Gasteiger charge is 2.12. The Morgan fingerprint density at radius 3 is 1.35 bits per heavy atom. The van der Waals surface area contributed by atoms with Gasteiger partial charge in [0.25, 0.3) is 0 Å². The lowest BCUT2D eigenvalue weighted by molar-refractivity contribution is -0.145. The fourth-order valence-electron chi connectivity index (χ4n) is 4.87. The fourth-order valence-corrected chi connectivity index (χ4v) is 4.87. The van der Waals surface area contributed by atoms with Gasteiger partial charge in [-0.05, 0) is 37.0 Å². The van der Waals surface area contributed by atoms with Gasteiger partial charge in [0.1, 0.15) is 0 Å². The molecule has 0 fully saturated rings. The zero-order valence-electron chi connectivity index (χ0n) is 24.3. The van der Waals surface area contributed by atoms with Crippen molar-refractivity contribution in [1.29, 1.82) is 0 Å². The van der Waals surface area contributed by atoms with Crippen molar-refractivity contribution in [3.8, 4) is 0 Å². The second kappa shape index (κ2) is 25.6. The molecule has 0 saturated carbocycles. The number of carbonyl (C=O) groups is 1. The molecule has 0 bridgehead atoms. The summed E-state index contributed by atoms with van der Waals surface area (Å²) in [5, 5.41) is 0. The van der Waals surface area contributed by atoms with E-state index in [2.05, 4.69) is 34.6 Å². The predicted molar refractivity (Wildman–Crippen MR) is 151 cm³/mol. The van der Waals surface area contributed by atoms with Crippen LogP contribution in [0.3, 0.4) is 0 Å². The van der Waals surface area contributed by atoms with Crippen LogP contribution >= 0.6 is 0 Å². The first-order valence-corrected chi connectivity index (χ1v) is 15.6. The zero-order valence-corrected chi connectivity index (χ0v) is 24.3. The molecule has 0 amide bonds. The van der Waals surface area contributed by atoms with Crippen LogP contribution in [0.25, 0.3) is 0 Å². The third kappa shape index (κ3) is 26.1. The molecule has 0 aromatic carbocycles. The van der Waals surface area contributed by atoms with Crippen LogP contribution in [0.4, 0.5) is 0 Å². The average Bonchev–Trinajstić information content (AvgIpc) is 2.79. The molecule has 0 aliphatic carbocycles. The van der Waals surface area contributed by atoms with Gasteiger partial charge < -0.3 is 4.74 Å². The number of ether oxygens (including phenoxy) is 1. The van der Waals surface area contributed by atoms with Gasteiger partial charge in [0.05, 0.1) is 6.61 Å². The van der Waals surface area contributed by atoms with Crippen molar-refractivity contribution in [2.75, 3.05) is 6.61 Å². The van der Waals surface area contributed by atoms with Crippen LogP contribution in [-0.2, 0) is 9.53 Å². The van der Waals surface area contributed by atoms with Crippen LogP contribution in [0.2, 0.25) is 0 Å². The quantitative estimate of drug-likeness (QED) is 0.0908. The molecule has 0 spiro atoms. The maximum absolute atomic E-state index is 12.1. The SMILES string of the molecule is CCCC(CCC(C)C)COC(=O)CCCCCCCCCCCCCCCCCCC(C)C. The van der Waals surface area contributed by atoms with E-state index in [9.17, 15) is 4.79 Å². The lowest BCUT2D eigenvalue weighted by atomic mass is 9.95. The van der Waals surface area contributed by atoms with Crippen molar-refractivity contribution >= 4 is 5.97 Å². The van der Waals surface area contributed by atoms with E-state index in [1.165, 1.54) is 128 Å². The largest absolute Gasteiger partial charge is 0.465 e. The van der Waals surface area contributed by atoms with Crippen molar-refractivity contribution < 1.29 is 9.53 Å². The lowest BCUT2D eigenvalue weighted by Crippen LogP contribution is -2.15. The average molecular weight is 481 g/mol. The van der Waals surface area contributed by atoms with E-state index in [-0.39, 0.29) is 5.97 Å². The van der Waals surface area contributed by atoms with E-state index in [1.807, 2.05) is 0 Å². The third-order valence-corrected chi connectivity index (χ3v) is 7.24. The summed E-state index contributed by atoms with van der Waals surface area (Å²) in [6, 6.07) is 0. The first-order chi connectivity index (χ1) is 16.5. The molecule has 2 heteroatoms. The molecule has 0 heterocycles. The van der Waals surface area contributed by atoms with Gasteiger partial charge in [-0.3, -0.25) is 4.79 Å². The van der Waals surface area contributed by atoms with Gasteiger partial charge in [0.2, 0.25) is 0 Å². The van der Waals surface area contributed by atoms with Gasteiger partial charge in [0.15, 0.2) is 0 Å². The Labute approximate surface area is 215 Å². The minimum absolute atomic E-state index is 0.0248. The highest BCUT2D eigenvalue weighted by atomic mass is 16.5. The Hall–Kier alpha value is -0.530. The van der Waals surface area contributed by atoms with E-state index in [4.69, 9.17) is 4.74 Å². The first-order valence-electron chi connectivity index (χ1n) is 15.6. The molecule has 0 saturated heterocycles. The van der Waals surface area contributed by atoms with Crippen molar-refractivity contribution in [1.82, 2.24) is 0 Å². The van der Waals surface area contributed by atoms with Crippen molar-refractivity contribution in [3.05, 3.63) is 0 Å². The summed E-state index contributed by atoms with van der Waals surface area (Å²) in [5.74, 6) is 2.19. The molecule has 1 atom stereocenters. The Morgan fingerprint density at radius 1 is 0.529 bits per heavy atom. The van der Waals surface area contributed by atoms with Gasteiger partial charge in [-0.1, -0.05) is 150 Å². The smallest absolute Gasteiger partial charge is 0.305 e. The van der Waals surface area contributed by atoms with Crippen LogP contribution in [-0.4, -0.2) is 12.6 Å². The van der Waals surface area contributed by atoms with Crippen LogP contribution in [0.15, 0.2) is 0 Å². The van der Waals surface area contributed by atoms with Gasteiger partial charge in [0, 0.05) is 6.42 Å². The first kappa shape index (κ1) is 33.5. The summed E-state index contributed by atoms with van der Waals surface area (Å²) < 4.78 is 5.59. The number of carbonyl (C=O) groups excluding carboxylic acids is 1. The monoisotopic (exact) mass is 480 g/mol. The summed E-state index contributed by atoms with van der Waals surface area (Å²) in [5.41, 5.74) is 0. The Morgan fingerprint density at radius 2 is 0.941 bits per heavy atom. The number of hydrogen-bond donors (Lipinski definition) is 0. The Balaban J connectivity index is 3.34. The molecule has 204 valence electrons. The van der Waals surface area contributed by atoms with Crippen molar-refractivity contribution in [3.63, 3.8) is 0 Å². The molecular weight excluding hydrogens is 416 g/mol. The molecule has 0 aromatic rings. The van der Waals surface area contributed by atoms with Gasteiger partial charge in [-0.2, -0.15) is 0 Å². The molecule has 34 heavy (non-hydrogen) atoms. The predicted octanol–water partition coefficient (Wildman–Crippen LogP) is 11.1.